The smallest absolute Gasteiger partial charge is 0.313 e. The number of hydrogen-bond donors (Lipinski definition) is 1. The van der Waals surface area contributed by atoms with Crippen molar-refractivity contribution in [2.45, 2.75) is 80.2 Å². The molecule has 5 rings (SSSR count). The van der Waals surface area contributed by atoms with Gasteiger partial charge in [-0.1, -0.05) is 70.0 Å². The zero-order valence-electron chi connectivity index (χ0n) is 29.2. The van der Waals surface area contributed by atoms with Crippen molar-refractivity contribution in [3.63, 3.8) is 0 Å². The average molecular weight is 785 g/mol. The molecule has 51 heavy (non-hydrogen) atoms. The minimum atomic E-state index is -1.30. The van der Waals surface area contributed by atoms with Gasteiger partial charge in [0.2, 0.25) is 11.8 Å². The highest BCUT2D eigenvalue weighted by Gasteiger charge is 2.77. The van der Waals surface area contributed by atoms with Gasteiger partial charge in [0.1, 0.15) is 17.7 Å². The van der Waals surface area contributed by atoms with Crippen LogP contribution in [0, 0.1) is 11.8 Å². The number of nitrogens with zero attached hydrogens (tertiary/aromatic N) is 3. The van der Waals surface area contributed by atoms with E-state index in [1.165, 1.54) is 0 Å². The first-order chi connectivity index (χ1) is 24.5. The molecule has 3 heterocycles. The van der Waals surface area contributed by atoms with Crippen molar-refractivity contribution in [1.29, 1.82) is 0 Å². The maximum Gasteiger partial charge on any atom is 0.313 e. The van der Waals surface area contributed by atoms with Crippen molar-refractivity contribution in [3.8, 4) is 0 Å². The third-order valence-electron chi connectivity index (χ3n) is 10.4. The number of likely N-dealkylation sites (N-methyl/N-ethyl adjacent to an activating group) is 1. The highest BCUT2D eigenvalue weighted by molar-refractivity contribution is 9.09. The summed E-state index contributed by atoms with van der Waals surface area (Å²) in [7, 11) is 1.69. The van der Waals surface area contributed by atoms with Crippen LogP contribution >= 0.6 is 27.5 Å². The molecule has 8 atom stereocenters. The molecule has 1 spiro atoms. The molecule has 274 valence electrons. The second-order valence-corrected chi connectivity index (χ2v) is 15.1. The third kappa shape index (κ3) is 7.68. The normalized spacial score (nSPS) is 25.9. The number of alkyl halides is 1. The van der Waals surface area contributed by atoms with E-state index in [1.807, 2.05) is 37.3 Å². The van der Waals surface area contributed by atoms with Gasteiger partial charge in [0.25, 0.3) is 5.91 Å². The minimum Gasteiger partial charge on any atom is -0.455 e. The summed E-state index contributed by atoms with van der Waals surface area (Å²) in [5, 5.41) is 9.92. The number of rotatable bonds is 17. The summed E-state index contributed by atoms with van der Waals surface area (Å²) in [6, 6.07) is 14.5. The Balaban J connectivity index is 1.51. The second-order valence-electron chi connectivity index (χ2n) is 13.5. The number of unbranched alkanes of at least 4 members (excludes halogenated alkanes) is 2. The molecule has 12 heteroatoms. The number of ether oxygens (including phenoxy) is 2. The van der Waals surface area contributed by atoms with Crippen LogP contribution in [0.1, 0.15) is 57.1 Å². The van der Waals surface area contributed by atoms with Gasteiger partial charge >= 0.3 is 5.97 Å². The van der Waals surface area contributed by atoms with Gasteiger partial charge in [-0.05, 0) is 68.9 Å². The molecule has 1 N–H and O–H groups in total. The van der Waals surface area contributed by atoms with Gasteiger partial charge in [-0.15, -0.1) is 13.2 Å². The average Bonchev–Trinajstić information content (AvgIpc) is 3.73. The Bertz CT molecular complexity index is 1590. The standard InChI is InChI=1S/C39H47BrClN3O7/c1-5-7-16-30(46)42(4)25(3)33(26-14-10-8-11-15-26)50-38(49)31-32-36(47)44(22-12-9-13-23-45)35(39(32)24-29(40)34(31)51-39)37(48)43(21-6-2)28-19-17-27(41)18-20-28/h5-6,8,10-11,14-15,17-20,25,29,31-35,45H,1-2,7,9,12-13,16,21-24H2,3-4H3/t25-,29?,31-,32+,33+,34-,35-,39+/m0/s1. The number of halogens is 2. The Morgan fingerprint density at radius 2 is 1.82 bits per heavy atom. The topological polar surface area (TPSA) is 117 Å². The lowest BCUT2D eigenvalue weighted by atomic mass is 9.70. The Hall–Kier alpha value is -3.51. The van der Waals surface area contributed by atoms with Gasteiger partial charge in [0.15, 0.2) is 0 Å². The van der Waals surface area contributed by atoms with Gasteiger partial charge in [-0.2, -0.15) is 0 Å². The van der Waals surface area contributed by atoms with Gasteiger partial charge in [0, 0.05) is 48.7 Å². The highest BCUT2D eigenvalue weighted by atomic mass is 79.9. The number of aliphatic hydroxyl groups is 1. The first kappa shape index (κ1) is 38.7. The molecule has 0 aromatic heterocycles. The molecular formula is C39H47BrClN3O7. The van der Waals surface area contributed by atoms with Gasteiger partial charge in [-0.3, -0.25) is 19.2 Å². The molecule has 0 radical (unpaired) electrons. The van der Waals surface area contributed by atoms with Crippen molar-refractivity contribution in [2.75, 3.05) is 31.6 Å². The summed E-state index contributed by atoms with van der Waals surface area (Å²) < 4.78 is 13.1. The van der Waals surface area contributed by atoms with Crippen LogP contribution in [0.4, 0.5) is 5.69 Å². The summed E-state index contributed by atoms with van der Waals surface area (Å²) in [5.41, 5.74) is -0.0115. The molecule has 0 aliphatic carbocycles. The van der Waals surface area contributed by atoms with Crippen molar-refractivity contribution in [2.24, 2.45) is 11.8 Å². The van der Waals surface area contributed by atoms with E-state index in [0.29, 0.717) is 48.4 Å². The number of esters is 1. The first-order valence-electron chi connectivity index (χ1n) is 17.5. The van der Waals surface area contributed by atoms with E-state index in [4.69, 9.17) is 21.1 Å². The number of anilines is 1. The number of amides is 3. The fourth-order valence-electron chi connectivity index (χ4n) is 7.83. The first-order valence-corrected chi connectivity index (χ1v) is 18.8. The number of aliphatic hydroxyl groups excluding tert-OH is 1. The number of carbonyl (C=O) groups is 4. The molecule has 3 fully saturated rings. The molecule has 2 bridgehead atoms. The minimum absolute atomic E-state index is 0.0204. The molecule has 0 saturated carbocycles. The summed E-state index contributed by atoms with van der Waals surface area (Å²) >= 11 is 9.92. The van der Waals surface area contributed by atoms with E-state index in [9.17, 15) is 24.3 Å². The largest absolute Gasteiger partial charge is 0.455 e. The number of fused-ring (bicyclic) bond motifs is 1. The van der Waals surface area contributed by atoms with E-state index < -0.39 is 47.7 Å². The van der Waals surface area contributed by atoms with E-state index >= 15 is 0 Å². The zero-order valence-corrected chi connectivity index (χ0v) is 31.5. The maximum atomic E-state index is 14.8. The lowest BCUT2D eigenvalue weighted by Gasteiger charge is -2.37. The Labute approximate surface area is 313 Å². The molecule has 3 aliphatic heterocycles. The third-order valence-corrected chi connectivity index (χ3v) is 11.5. The monoisotopic (exact) mass is 783 g/mol. The molecule has 3 amide bonds. The van der Waals surface area contributed by atoms with Crippen LogP contribution < -0.4 is 4.90 Å². The lowest BCUT2D eigenvalue weighted by molar-refractivity contribution is -0.164. The van der Waals surface area contributed by atoms with Crippen molar-refractivity contribution in [3.05, 3.63) is 90.5 Å². The van der Waals surface area contributed by atoms with Crippen LogP contribution in [0.3, 0.4) is 0 Å². The number of likely N-dealkylation sites (tertiary alicyclic amines) is 1. The summed E-state index contributed by atoms with van der Waals surface area (Å²) in [4.78, 5) is 61.4. The molecule has 2 aromatic rings. The fourth-order valence-corrected chi connectivity index (χ4v) is 8.90. The Morgan fingerprint density at radius 1 is 1.12 bits per heavy atom. The number of carbonyl (C=O) groups excluding carboxylic acids is 4. The van der Waals surface area contributed by atoms with Crippen molar-refractivity contribution in [1.82, 2.24) is 9.80 Å². The van der Waals surface area contributed by atoms with E-state index in [0.717, 1.165) is 0 Å². The number of hydrogen-bond acceptors (Lipinski definition) is 7. The molecule has 10 nitrogen and oxygen atoms in total. The zero-order chi connectivity index (χ0) is 36.9. The number of benzene rings is 2. The summed E-state index contributed by atoms with van der Waals surface area (Å²) in [5.74, 6) is -3.39. The highest BCUT2D eigenvalue weighted by Crippen LogP contribution is 2.60. The van der Waals surface area contributed by atoms with Gasteiger partial charge < -0.3 is 29.3 Å². The van der Waals surface area contributed by atoms with Crippen LogP contribution in [-0.2, 0) is 28.7 Å². The summed E-state index contributed by atoms with van der Waals surface area (Å²) in [6.45, 7) is 9.86. The molecule has 3 aliphatic rings. The Kier molecular flexibility index (Phi) is 12.8. The van der Waals surface area contributed by atoms with Crippen LogP contribution in [0.5, 0.6) is 0 Å². The van der Waals surface area contributed by atoms with Crippen LogP contribution in [-0.4, -0.2) is 94.0 Å². The van der Waals surface area contributed by atoms with E-state index in [2.05, 4.69) is 29.1 Å². The predicted octanol–water partition coefficient (Wildman–Crippen LogP) is 5.87. The Morgan fingerprint density at radius 3 is 2.47 bits per heavy atom. The molecule has 2 aromatic carbocycles. The van der Waals surface area contributed by atoms with Crippen molar-refractivity contribution >= 4 is 56.9 Å². The van der Waals surface area contributed by atoms with E-state index in [1.54, 1.807) is 58.2 Å². The van der Waals surface area contributed by atoms with Gasteiger partial charge in [0.05, 0.1) is 24.0 Å². The fraction of sp³-hybridized carbons (Fsp3) is 0.487. The predicted molar refractivity (Wildman–Crippen MR) is 199 cm³/mol. The van der Waals surface area contributed by atoms with Crippen molar-refractivity contribution < 1.29 is 33.8 Å². The molecule has 3 saturated heterocycles. The lowest BCUT2D eigenvalue weighted by Crippen LogP contribution is -2.57. The van der Waals surface area contributed by atoms with Gasteiger partial charge in [-0.25, -0.2) is 0 Å². The number of allylic oxidation sites excluding steroid dienone is 1. The van der Waals surface area contributed by atoms with Crippen LogP contribution in [0.15, 0.2) is 79.9 Å². The molecule has 1 unspecified atom stereocenters. The summed E-state index contributed by atoms with van der Waals surface area (Å²) in [6.07, 6.45) is 4.63. The molecular weight excluding hydrogens is 738 g/mol. The SMILES string of the molecule is C=CCCC(=O)N(C)[C@@H](C)[C@@H](OC(=O)[C@@H]1[C@H]2O[C@@]3(CC2Br)[C@H](C(=O)N(CC=C)c2ccc(Cl)cc2)N(CCCCCO)C(=O)[C@@H]13)c1ccccc1. The van der Waals surface area contributed by atoms with Crippen LogP contribution in [0.2, 0.25) is 5.02 Å². The maximum absolute atomic E-state index is 14.8. The quantitative estimate of drug-likeness (QED) is 0.0924. The van der Waals surface area contributed by atoms with Crippen LogP contribution in [0.25, 0.3) is 0 Å². The van der Waals surface area contributed by atoms with E-state index in [-0.39, 0.29) is 48.7 Å². The second kappa shape index (κ2) is 16.9.